The lowest BCUT2D eigenvalue weighted by Crippen LogP contribution is -2.26. The van der Waals surface area contributed by atoms with Crippen molar-refractivity contribution in [2.24, 2.45) is 0 Å². The lowest BCUT2D eigenvalue weighted by Gasteiger charge is -2.12. The molecule has 21 heavy (non-hydrogen) atoms. The van der Waals surface area contributed by atoms with Crippen LogP contribution in [0.1, 0.15) is 28.9 Å². The SMILES string of the molecule is CC(NC(=O)c1cc(Cl)c(N)c([N+](=O)[O-])c1)c1cn[nH]c1. The molecule has 110 valence electrons. The molecule has 0 aliphatic heterocycles. The van der Waals surface area contributed by atoms with Gasteiger partial charge in [-0.3, -0.25) is 20.0 Å². The van der Waals surface area contributed by atoms with E-state index in [1.807, 2.05) is 0 Å². The zero-order valence-corrected chi connectivity index (χ0v) is 11.7. The third-order valence-electron chi connectivity index (χ3n) is 2.93. The van der Waals surface area contributed by atoms with E-state index < -0.39 is 16.5 Å². The van der Waals surface area contributed by atoms with E-state index in [1.165, 1.54) is 6.07 Å². The van der Waals surface area contributed by atoms with Gasteiger partial charge < -0.3 is 11.1 Å². The maximum absolute atomic E-state index is 12.1. The number of carbonyl (C=O) groups excluding carboxylic acids is 1. The lowest BCUT2D eigenvalue weighted by atomic mass is 10.1. The molecule has 0 bridgehead atoms. The average Bonchev–Trinajstić information content (AvgIpc) is 2.95. The maximum atomic E-state index is 12.1. The fourth-order valence-electron chi connectivity index (χ4n) is 1.75. The number of nitrogens with one attached hydrogen (secondary N) is 2. The second-order valence-corrected chi connectivity index (χ2v) is 4.78. The molecular formula is C12H12ClN5O3. The number of benzene rings is 1. The van der Waals surface area contributed by atoms with Gasteiger partial charge in [-0.15, -0.1) is 0 Å². The fourth-order valence-corrected chi connectivity index (χ4v) is 1.96. The van der Waals surface area contributed by atoms with Crippen molar-refractivity contribution in [2.45, 2.75) is 13.0 Å². The Morgan fingerprint density at radius 3 is 2.86 bits per heavy atom. The molecule has 8 nitrogen and oxygen atoms in total. The minimum Gasteiger partial charge on any atom is -0.392 e. The van der Waals surface area contributed by atoms with Crippen LogP contribution < -0.4 is 11.1 Å². The van der Waals surface area contributed by atoms with Crippen molar-refractivity contribution in [3.8, 4) is 0 Å². The molecular weight excluding hydrogens is 298 g/mol. The number of aromatic nitrogens is 2. The van der Waals surface area contributed by atoms with E-state index >= 15 is 0 Å². The standard InChI is InChI=1S/C12H12ClN5O3/c1-6(8-4-15-16-5-8)17-12(19)7-2-9(13)11(14)10(3-7)18(20)21/h2-6H,14H2,1H3,(H,15,16)(H,17,19). The average molecular weight is 310 g/mol. The van der Waals surface area contributed by atoms with Gasteiger partial charge in [0.1, 0.15) is 5.69 Å². The number of nitro benzene ring substituents is 1. The Morgan fingerprint density at radius 2 is 2.29 bits per heavy atom. The highest BCUT2D eigenvalue weighted by molar-refractivity contribution is 6.34. The van der Waals surface area contributed by atoms with Crippen molar-refractivity contribution in [1.82, 2.24) is 15.5 Å². The minimum atomic E-state index is -0.683. The Kier molecular flexibility index (Phi) is 4.08. The predicted molar refractivity (Wildman–Crippen MR) is 77.0 cm³/mol. The minimum absolute atomic E-state index is 0.0367. The van der Waals surface area contributed by atoms with Gasteiger partial charge >= 0.3 is 0 Å². The summed E-state index contributed by atoms with van der Waals surface area (Å²) in [6.45, 7) is 1.76. The van der Waals surface area contributed by atoms with Gasteiger partial charge in [-0.1, -0.05) is 11.6 Å². The molecule has 1 amide bonds. The zero-order valence-electron chi connectivity index (χ0n) is 11.0. The molecule has 0 spiro atoms. The van der Waals surface area contributed by atoms with Crippen LogP contribution in [0.5, 0.6) is 0 Å². The number of halogens is 1. The summed E-state index contributed by atoms with van der Waals surface area (Å²) in [6.07, 6.45) is 3.21. The summed E-state index contributed by atoms with van der Waals surface area (Å²) in [5.41, 5.74) is 5.79. The first-order valence-electron chi connectivity index (χ1n) is 5.93. The van der Waals surface area contributed by atoms with E-state index in [0.717, 1.165) is 11.6 Å². The van der Waals surface area contributed by atoms with Crippen LogP contribution in [0.2, 0.25) is 5.02 Å². The molecule has 1 heterocycles. The van der Waals surface area contributed by atoms with Crippen molar-refractivity contribution in [1.29, 1.82) is 0 Å². The molecule has 4 N–H and O–H groups in total. The topological polar surface area (TPSA) is 127 Å². The summed E-state index contributed by atoms with van der Waals surface area (Å²) in [6, 6.07) is 2.08. The van der Waals surface area contributed by atoms with Gasteiger partial charge in [0.15, 0.2) is 0 Å². The Balaban J connectivity index is 2.25. The van der Waals surface area contributed by atoms with E-state index in [4.69, 9.17) is 17.3 Å². The highest BCUT2D eigenvalue weighted by Crippen LogP contribution is 2.31. The van der Waals surface area contributed by atoms with E-state index in [9.17, 15) is 14.9 Å². The van der Waals surface area contributed by atoms with Crippen LogP contribution >= 0.6 is 11.6 Å². The highest BCUT2D eigenvalue weighted by atomic mass is 35.5. The first kappa shape index (κ1) is 14.8. The van der Waals surface area contributed by atoms with Crippen molar-refractivity contribution in [2.75, 3.05) is 5.73 Å². The van der Waals surface area contributed by atoms with Crippen molar-refractivity contribution in [3.05, 3.63) is 50.8 Å². The number of H-pyrrole nitrogens is 1. The number of anilines is 1. The number of carbonyl (C=O) groups is 1. The Morgan fingerprint density at radius 1 is 1.57 bits per heavy atom. The second kappa shape index (κ2) is 5.80. The van der Waals surface area contributed by atoms with Gasteiger partial charge in [-0.25, -0.2) is 0 Å². The van der Waals surface area contributed by atoms with Crippen LogP contribution in [-0.4, -0.2) is 21.0 Å². The molecule has 0 saturated heterocycles. The number of aromatic amines is 1. The predicted octanol–water partition coefficient (Wildman–Crippen LogP) is 2.04. The third-order valence-corrected chi connectivity index (χ3v) is 3.25. The van der Waals surface area contributed by atoms with Gasteiger partial charge in [0, 0.05) is 23.4 Å². The number of hydrogen-bond acceptors (Lipinski definition) is 5. The van der Waals surface area contributed by atoms with E-state index in [-0.39, 0.29) is 22.3 Å². The number of hydrogen-bond donors (Lipinski definition) is 3. The van der Waals surface area contributed by atoms with Crippen LogP contribution in [0.3, 0.4) is 0 Å². The Labute approximate surface area is 124 Å². The summed E-state index contributed by atoms with van der Waals surface area (Å²) in [7, 11) is 0. The van der Waals surface area contributed by atoms with Crippen molar-refractivity contribution < 1.29 is 9.72 Å². The van der Waals surface area contributed by atoms with E-state index in [0.29, 0.717) is 0 Å². The molecule has 1 aromatic heterocycles. The largest absolute Gasteiger partial charge is 0.392 e. The summed E-state index contributed by atoms with van der Waals surface area (Å²) >= 11 is 5.82. The molecule has 0 fully saturated rings. The van der Waals surface area contributed by atoms with Crippen molar-refractivity contribution in [3.63, 3.8) is 0 Å². The third kappa shape index (κ3) is 3.11. The molecule has 0 saturated carbocycles. The normalized spacial score (nSPS) is 11.9. The lowest BCUT2D eigenvalue weighted by molar-refractivity contribution is -0.383. The summed E-state index contributed by atoms with van der Waals surface area (Å²) in [5, 5.41) is 20.0. The maximum Gasteiger partial charge on any atom is 0.294 e. The fraction of sp³-hybridized carbons (Fsp3) is 0.167. The zero-order chi connectivity index (χ0) is 15.6. The van der Waals surface area contributed by atoms with E-state index in [2.05, 4.69) is 15.5 Å². The number of nitrogens with zero attached hydrogens (tertiary/aromatic N) is 2. The molecule has 0 aliphatic rings. The van der Waals surface area contributed by atoms with Gasteiger partial charge in [0.2, 0.25) is 0 Å². The van der Waals surface area contributed by atoms with Crippen LogP contribution in [0.25, 0.3) is 0 Å². The molecule has 0 aliphatic carbocycles. The number of nitrogens with two attached hydrogens (primary N) is 1. The molecule has 2 rings (SSSR count). The quantitative estimate of drug-likeness (QED) is 0.452. The Hall–Kier alpha value is -2.61. The summed E-state index contributed by atoms with van der Waals surface area (Å²) in [5.74, 6) is -0.492. The smallest absolute Gasteiger partial charge is 0.294 e. The number of rotatable bonds is 4. The van der Waals surface area contributed by atoms with Gasteiger partial charge in [-0.2, -0.15) is 5.10 Å². The monoisotopic (exact) mass is 309 g/mol. The summed E-state index contributed by atoms with van der Waals surface area (Å²) < 4.78 is 0. The summed E-state index contributed by atoms with van der Waals surface area (Å²) in [4.78, 5) is 22.3. The van der Waals surface area contributed by atoms with Crippen LogP contribution in [0.4, 0.5) is 11.4 Å². The van der Waals surface area contributed by atoms with Crippen LogP contribution in [-0.2, 0) is 0 Å². The molecule has 1 atom stereocenters. The molecule has 1 aromatic carbocycles. The first-order valence-corrected chi connectivity index (χ1v) is 6.31. The van der Waals surface area contributed by atoms with Crippen LogP contribution in [0, 0.1) is 10.1 Å². The molecule has 0 radical (unpaired) electrons. The van der Waals surface area contributed by atoms with E-state index in [1.54, 1.807) is 19.3 Å². The Bertz CT molecular complexity index is 686. The molecule has 9 heteroatoms. The number of nitrogen functional groups attached to an aromatic ring is 1. The number of nitro groups is 1. The highest BCUT2D eigenvalue weighted by Gasteiger charge is 2.20. The van der Waals surface area contributed by atoms with Crippen molar-refractivity contribution >= 4 is 28.9 Å². The first-order chi connectivity index (χ1) is 9.90. The second-order valence-electron chi connectivity index (χ2n) is 4.37. The molecule has 1 unspecified atom stereocenters. The van der Waals surface area contributed by atoms with Crippen LogP contribution in [0.15, 0.2) is 24.5 Å². The van der Waals surface area contributed by atoms with Gasteiger partial charge in [-0.05, 0) is 13.0 Å². The van der Waals surface area contributed by atoms with Gasteiger partial charge in [0.25, 0.3) is 11.6 Å². The van der Waals surface area contributed by atoms with Gasteiger partial charge in [0.05, 0.1) is 22.2 Å². The molecule has 2 aromatic rings. The number of amides is 1.